The summed E-state index contributed by atoms with van der Waals surface area (Å²) in [6, 6.07) is 8.23. The summed E-state index contributed by atoms with van der Waals surface area (Å²) in [6.07, 6.45) is 9.38. The molecule has 33 heavy (non-hydrogen) atoms. The Morgan fingerprint density at radius 1 is 1.21 bits per heavy atom. The highest BCUT2D eigenvalue weighted by atomic mass is 16.5. The van der Waals surface area contributed by atoms with Gasteiger partial charge < -0.3 is 25.2 Å². The number of ether oxygens (including phenoxy) is 1. The summed E-state index contributed by atoms with van der Waals surface area (Å²) in [5.74, 6) is 2.48. The summed E-state index contributed by atoms with van der Waals surface area (Å²) in [5.41, 5.74) is 1.49. The molecule has 8 heteroatoms. The molecule has 8 nitrogen and oxygen atoms in total. The first-order valence-corrected chi connectivity index (χ1v) is 12.1. The third-order valence-electron chi connectivity index (χ3n) is 7.12. The largest absolute Gasteiger partial charge is 0.492 e. The number of aromatic nitrogens is 2. The molecule has 1 amide bonds. The number of rotatable bonds is 7. The van der Waals surface area contributed by atoms with E-state index >= 15 is 0 Å². The molecule has 1 aliphatic carbocycles. The number of amides is 1. The van der Waals surface area contributed by atoms with Crippen molar-refractivity contribution in [2.75, 3.05) is 44.0 Å². The van der Waals surface area contributed by atoms with Crippen LogP contribution in [0.2, 0.25) is 0 Å². The smallest absolute Gasteiger partial charge is 0.246 e. The number of fused-ring (bicyclic) bond motifs is 1. The van der Waals surface area contributed by atoms with Crippen LogP contribution in [0.1, 0.15) is 44.1 Å². The Morgan fingerprint density at radius 2 is 2.00 bits per heavy atom. The van der Waals surface area contributed by atoms with Gasteiger partial charge in [-0.25, -0.2) is 4.98 Å². The van der Waals surface area contributed by atoms with E-state index in [0.717, 1.165) is 55.2 Å². The average molecular weight is 451 g/mol. The zero-order valence-electron chi connectivity index (χ0n) is 19.6. The van der Waals surface area contributed by atoms with Crippen molar-refractivity contribution in [2.24, 2.45) is 0 Å². The number of nitrogens with one attached hydrogen (secondary N) is 2. The second-order valence-corrected chi connectivity index (χ2v) is 9.72. The molecule has 3 aliphatic rings. The molecule has 1 aromatic heterocycles. The zero-order valence-corrected chi connectivity index (χ0v) is 19.6. The van der Waals surface area contributed by atoms with Crippen molar-refractivity contribution in [1.29, 1.82) is 0 Å². The highest BCUT2D eigenvalue weighted by molar-refractivity contribution is 5.94. The first kappa shape index (κ1) is 21.9. The summed E-state index contributed by atoms with van der Waals surface area (Å²) < 4.78 is 5.78. The molecule has 1 saturated heterocycles. The lowest BCUT2D eigenvalue weighted by Crippen LogP contribution is -2.57. The summed E-state index contributed by atoms with van der Waals surface area (Å²) in [6.45, 7) is 2.26. The zero-order chi connectivity index (χ0) is 22.8. The number of benzene rings is 1. The van der Waals surface area contributed by atoms with Crippen molar-refractivity contribution >= 4 is 23.4 Å². The van der Waals surface area contributed by atoms with E-state index in [1.54, 1.807) is 0 Å². The first-order chi connectivity index (χ1) is 16.0. The minimum absolute atomic E-state index is 0.144. The van der Waals surface area contributed by atoms with Gasteiger partial charge in [-0.05, 0) is 57.6 Å². The van der Waals surface area contributed by atoms with Crippen LogP contribution in [0.3, 0.4) is 0 Å². The topological polar surface area (TPSA) is 82.6 Å². The molecule has 2 aromatic rings. The van der Waals surface area contributed by atoms with Crippen LogP contribution in [-0.2, 0) is 11.2 Å². The number of hydrogen-bond donors (Lipinski definition) is 2. The second kappa shape index (κ2) is 9.17. The highest BCUT2D eigenvalue weighted by Gasteiger charge is 2.55. The molecule has 1 spiro atoms. The number of carbonyl (C=O) groups is 1. The van der Waals surface area contributed by atoms with Crippen LogP contribution in [0.5, 0.6) is 5.75 Å². The number of likely N-dealkylation sites (N-methyl/N-ethyl adjacent to an activating group) is 1. The molecule has 1 saturated carbocycles. The quantitative estimate of drug-likeness (QED) is 0.671. The van der Waals surface area contributed by atoms with Gasteiger partial charge in [0.25, 0.3) is 0 Å². The molecule has 3 heterocycles. The number of nitrogens with zero attached hydrogens (tertiary/aromatic N) is 4. The van der Waals surface area contributed by atoms with Crippen molar-refractivity contribution in [2.45, 2.75) is 56.5 Å². The molecular formula is C25H34N6O2. The van der Waals surface area contributed by atoms with E-state index in [2.05, 4.69) is 25.4 Å². The van der Waals surface area contributed by atoms with Crippen molar-refractivity contribution in [3.63, 3.8) is 0 Å². The van der Waals surface area contributed by atoms with E-state index in [1.165, 1.54) is 19.3 Å². The molecule has 1 unspecified atom stereocenters. The highest BCUT2D eigenvalue weighted by Crippen LogP contribution is 2.45. The van der Waals surface area contributed by atoms with Gasteiger partial charge in [0.2, 0.25) is 11.9 Å². The van der Waals surface area contributed by atoms with Gasteiger partial charge in [-0.3, -0.25) is 4.79 Å². The van der Waals surface area contributed by atoms with Crippen LogP contribution in [0.25, 0.3) is 0 Å². The summed E-state index contributed by atoms with van der Waals surface area (Å²) >= 11 is 0. The van der Waals surface area contributed by atoms with Crippen LogP contribution in [-0.4, -0.2) is 66.1 Å². The van der Waals surface area contributed by atoms with E-state index < -0.39 is 5.54 Å². The predicted molar refractivity (Wildman–Crippen MR) is 129 cm³/mol. The van der Waals surface area contributed by atoms with Crippen LogP contribution < -0.4 is 20.3 Å². The summed E-state index contributed by atoms with van der Waals surface area (Å²) in [7, 11) is 4.06. The maximum Gasteiger partial charge on any atom is 0.246 e. The van der Waals surface area contributed by atoms with Crippen LogP contribution in [0.4, 0.5) is 17.5 Å². The van der Waals surface area contributed by atoms with E-state index in [9.17, 15) is 4.79 Å². The molecule has 1 aromatic carbocycles. The van der Waals surface area contributed by atoms with Crippen LogP contribution >= 0.6 is 0 Å². The van der Waals surface area contributed by atoms with Gasteiger partial charge in [-0.1, -0.05) is 19.3 Å². The van der Waals surface area contributed by atoms with Crippen molar-refractivity contribution in [1.82, 2.24) is 20.2 Å². The van der Waals surface area contributed by atoms with Crippen molar-refractivity contribution in [3.05, 3.63) is 36.0 Å². The minimum Gasteiger partial charge on any atom is -0.492 e. The molecular weight excluding hydrogens is 416 g/mol. The van der Waals surface area contributed by atoms with E-state index in [1.807, 2.05) is 44.6 Å². The summed E-state index contributed by atoms with van der Waals surface area (Å²) in [4.78, 5) is 27.0. The number of hydrogen-bond acceptors (Lipinski definition) is 7. The predicted octanol–water partition coefficient (Wildman–Crippen LogP) is 3.11. The normalized spacial score (nSPS) is 22.6. The Labute approximate surface area is 195 Å². The molecule has 1 atom stereocenters. The fourth-order valence-electron chi connectivity index (χ4n) is 5.42. The monoisotopic (exact) mass is 450 g/mol. The third kappa shape index (κ3) is 4.36. The number of carbonyl (C=O) groups excluding carboxylic acids is 1. The van der Waals surface area contributed by atoms with Gasteiger partial charge in [0.1, 0.15) is 23.7 Å². The van der Waals surface area contributed by atoms with Gasteiger partial charge in [-0.15, -0.1) is 0 Å². The molecule has 5 rings (SSSR count). The Balaban J connectivity index is 1.35. The lowest BCUT2D eigenvalue weighted by atomic mass is 9.87. The Kier molecular flexibility index (Phi) is 6.10. The molecule has 2 N–H and O–H groups in total. The van der Waals surface area contributed by atoms with Crippen molar-refractivity contribution in [3.8, 4) is 5.75 Å². The maximum absolute atomic E-state index is 13.0. The molecule has 0 bridgehead atoms. The molecule has 2 fully saturated rings. The van der Waals surface area contributed by atoms with E-state index in [0.29, 0.717) is 25.0 Å². The van der Waals surface area contributed by atoms with Crippen LogP contribution in [0.15, 0.2) is 30.5 Å². The fraction of sp³-hybridized carbons (Fsp3) is 0.560. The van der Waals surface area contributed by atoms with Gasteiger partial charge in [0.15, 0.2) is 0 Å². The fourth-order valence-corrected chi connectivity index (χ4v) is 5.42. The maximum atomic E-state index is 13.0. The van der Waals surface area contributed by atoms with Crippen molar-refractivity contribution < 1.29 is 9.53 Å². The van der Waals surface area contributed by atoms with E-state index in [-0.39, 0.29) is 5.91 Å². The van der Waals surface area contributed by atoms with Crippen LogP contribution in [0, 0.1) is 0 Å². The SMILES string of the molecule is CN(C)CCOc1ccc(Nc2ncc3c(n2)N(C2CCCCC2)C2(CCNC2=O)C3)cc1. The standard InChI is InChI=1S/C25H34N6O2/c1-30(2)14-15-33-21-10-8-19(9-11-21)28-24-27-17-18-16-25(12-13-26-23(25)32)31(22(18)29-24)20-6-4-3-5-7-20/h8-11,17,20H,3-7,12-16H2,1-2H3,(H,26,32)(H,27,28,29). The second-order valence-electron chi connectivity index (χ2n) is 9.72. The van der Waals surface area contributed by atoms with E-state index in [4.69, 9.17) is 9.72 Å². The minimum atomic E-state index is -0.497. The Morgan fingerprint density at radius 3 is 2.70 bits per heavy atom. The number of anilines is 3. The van der Waals surface area contributed by atoms with Gasteiger partial charge in [0.05, 0.1) is 0 Å². The van der Waals surface area contributed by atoms with Gasteiger partial charge in [-0.2, -0.15) is 4.98 Å². The Bertz CT molecular complexity index is 989. The average Bonchev–Trinajstić information content (AvgIpc) is 3.34. The Hall–Kier alpha value is -2.87. The third-order valence-corrected chi connectivity index (χ3v) is 7.12. The molecule has 2 aliphatic heterocycles. The molecule has 0 radical (unpaired) electrons. The lowest BCUT2D eigenvalue weighted by molar-refractivity contribution is -0.123. The van der Waals surface area contributed by atoms with Gasteiger partial charge in [0, 0.05) is 43.0 Å². The van der Waals surface area contributed by atoms with Gasteiger partial charge >= 0.3 is 0 Å². The summed E-state index contributed by atoms with van der Waals surface area (Å²) in [5, 5.41) is 6.41. The molecule has 176 valence electrons. The lowest BCUT2D eigenvalue weighted by Gasteiger charge is -2.42. The first-order valence-electron chi connectivity index (χ1n) is 12.1.